The minimum absolute atomic E-state index is 0.213. The SMILES string of the molecule is CCCCCCCCCCCCCCCOC(=O)c1c(F)cccc1F. The molecule has 0 bridgehead atoms. The molecule has 1 rings (SSSR count). The van der Waals surface area contributed by atoms with Gasteiger partial charge < -0.3 is 4.74 Å². The van der Waals surface area contributed by atoms with Gasteiger partial charge >= 0.3 is 5.97 Å². The highest BCUT2D eigenvalue weighted by molar-refractivity contribution is 5.89. The van der Waals surface area contributed by atoms with Crippen LogP contribution in [-0.4, -0.2) is 12.6 Å². The molecular formula is C22H34F2O2. The average molecular weight is 369 g/mol. The van der Waals surface area contributed by atoms with Gasteiger partial charge in [0.2, 0.25) is 0 Å². The van der Waals surface area contributed by atoms with E-state index in [1.165, 1.54) is 70.3 Å². The minimum atomic E-state index is -0.917. The molecule has 0 aromatic heterocycles. The first-order chi connectivity index (χ1) is 12.7. The molecule has 2 nitrogen and oxygen atoms in total. The summed E-state index contributed by atoms with van der Waals surface area (Å²) in [6.07, 6.45) is 16.1. The number of rotatable bonds is 15. The van der Waals surface area contributed by atoms with Crippen molar-refractivity contribution in [1.82, 2.24) is 0 Å². The number of benzene rings is 1. The Morgan fingerprint density at radius 3 is 1.65 bits per heavy atom. The molecule has 1 aromatic rings. The van der Waals surface area contributed by atoms with Crippen molar-refractivity contribution < 1.29 is 18.3 Å². The van der Waals surface area contributed by atoms with Gasteiger partial charge in [-0.25, -0.2) is 13.6 Å². The highest BCUT2D eigenvalue weighted by Crippen LogP contribution is 2.15. The topological polar surface area (TPSA) is 26.3 Å². The van der Waals surface area contributed by atoms with Crippen LogP contribution in [0.15, 0.2) is 18.2 Å². The number of carbonyl (C=O) groups is 1. The van der Waals surface area contributed by atoms with Crippen LogP contribution < -0.4 is 0 Å². The first kappa shape index (κ1) is 22.6. The maximum absolute atomic E-state index is 13.4. The van der Waals surface area contributed by atoms with Gasteiger partial charge in [0.05, 0.1) is 6.61 Å². The molecule has 0 heterocycles. The molecule has 148 valence electrons. The molecule has 1 aromatic carbocycles. The summed E-state index contributed by atoms with van der Waals surface area (Å²) in [6, 6.07) is 3.35. The molecule has 0 amide bonds. The predicted molar refractivity (Wildman–Crippen MR) is 102 cm³/mol. The fraction of sp³-hybridized carbons (Fsp3) is 0.682. The zero-order chi connectivity index (χ0) is 19.0. The van der Waals surface area contributed by atoms with E-state index in [0.29, 0.717) is 0 Å². The van der Waals surface area contributed by atoms with E-state index in [2.05, 4.69) is 6.92 Å². The van der Waals surface area contributed by atoms with Crippen molar-refractivity contribution in [1.29, 1.82) is 0 Å². The molecule has 0 radical (unpaired) electrons. The van der Waals surface area contributed by atoms with Crippen LogP contribution in [0, 0.1) is 11.6 Å². The molecule has 0 atom stereocenters. The monoisotopic (exact) mass is 368 g/mol. The van der Waals surface area contributed by atoms with Gasteiger partial charge in [0.1, 0.15) is 17.2 Å². The molecule has 0 aliphatic heterocycles. The molecule has 0 N–H and O–H groups in total. The van der Waals surface area contributed by atoms with Crippen LogP contribution >= 0.6 is 0 Å². The first-order valence-electron chi connectivity index (χ1n) is 10.3. The van der Waals surface area contributed by atoms with Crippen molar-refractivity contribution in [2.45, 2.75) is 90.4 Å². The van der Waals surface area contributed by atoms with Crippen LogP contribution in [0.4, 0.5) is 8.78 Å². The van der Waals surface area contributed by atoms with E-state index < -0.39 is 23.2 Å². The zero-order valence-corrected chi connectivity index (χ0v) is 16.2. The molecule has 0 aliphatic carbocycles. The molecule has 0 aliphatic rings. The number of hydrogen-bond acceptors (Lipinski definition) is 2. The largest absolute Gasteiger partial charge is 0.462 e. The second kappa shape index (κ2) is 14.7. The Labute approximate surface area is 157 Å². The lowest BCUT2D eigenvalue weighted by atomic mass is 10.0. The lowest BCUT2D eigenvalue weighted by Gasteiger charge is -2.06. The summed E-state index contributed by atoms with van der Waals surface area (Å²) in [5.74, 6) is -2.67. The molecule has 0 fully saturated rings. The summed E-state index contributed by atoms with van der Waals surface area (Å²) < 4.78 is 31.9. The maximum Gasteiger partial charge on any atom is 0.344 e. The van der Waals surface area contributed by atoms with Crippen molar-refractivity contribution in [2.24, 2.45) is 0 Å². The van der Waals surface area contributed by atoms with Crippen molar-refractivity contribution in [3.8, 4) is 0 Å². The van der Waals surface area contributed by atoms with E-state index in [1.54, 1.807) is 0 Å². The van der Waals surface area contributed by atoms with Gasteiger partial charge in [-0.2, -0.15) is 0 Å². The molecule has 26 heavy (non-hydrogen) atoms. The van der Waals surface area contributed by atoms with Gasteiger partial charge in [-0.15, -0.1) is 0 Å². The van der Waals surface area contributed by atoms with Crippen LogP contribution in [0.5, 0.6) is 0 Å². The lowest BCUT2D eigenvalue weighted by molar-refractivity contribution is 0.0486. The highest BCUT2D eigenvalue weighted by atomic mass is 19.1. The maximum atomic E-state index is 13.4. The van der Waals surface area contributed by atoms with Crippen molar-refractivity contribution >= 4 is 5.97 Å². The zero-order valence-electron chi connectivity index (χ0n) is 16.2. The van der Waals surface area contributed by atoms with Crippen LogP contribution in [0.3, 0.4) is 0 Å². The summed E-state index contributed by atoms with van der Waals surface area (Å²) in [7, 11) is 0. The van der Waals surface area contributed by atoms with E-state index in [4.69, 9.17) is 4.74 Å². The average Bonchev–Trinajstić information content (AvgIpc) is 2.62. The Hall–Kier alpha value is -1.45. The van der Waals surface area contributed by atoms with Crippen molar-refractivity contribution in [3.05, 3.63) is 35.4 Å². The molecule has 4 heteroatoms. The third-order valence-corrected chi connectivity index (χ3v) is 4.65. The third kappa shape index (κ3) is 9.88. The van der Waals surface area contributed by atoms with Gasteiger partial charge in [0, 0.05) is 0 Å². The van der Waals surface area contributed by atoms with Gasteiger partial charge in [0.25, 0.3) is 0 Å². The molecule has 0 saturated carbocycles. The van der Waals surface area contributed by atoms with Gasteiger partial charge in [-0.1, -0.05) is 90.0 Å². The summed E-state index contributed by atoms with van der Waals surface area (Å²) in [5, 5.41) is 0. The minimum Gasteiger partial charge on any atom is -0.462 e. The quantitative estimate of drug-likeness (QED) is 0.241. The number of halogens is 2. The number of carbonyl (C=O) groups excluding carboxylic acids is 1. The summed E-state index contributed by atoms with van der Waals surface area (Å²) in [5.41, 5.74) is -0.595. The highest BCUT2D eigenvalue weighted by Gasteiger charge is 2.17. The van der Waals surface area contributed by atoms with Gasteiger partial charge in [-0.05, 0) is 18.6 Å². The molecule has 0 spiro atoms. The third-order valence-electron chi connectivity index (χ3n) is 4.65. The van der Waals surface area contributed by atoms with E-state index in [0.717, 1.165) is 31.4 Å². The fourth-order valence-corrected chi connectivity index (χ4v) is 3.05. The smallest absolute Gasteiger partial charge is 0.344 e. The van der Waals surface area contributed by atoms with Crippen LogP contribution in [-0.2, 0) is 4.74 Å². The first-order valence-corrected chi connectivity index (χ1v) is 10.3. The van der Waals surface area contributed by atoms with E-state index in [1.807, 2.05) is 0 Å². The Kier molecular flexibility index (Phi) is 12.8. The summed E-state index contributed by atoms with van der Waals surface area (Å²) >= 11 is 0. The normalized spacial score (nSPS) is 10.9. The second-order valence-corrected chi connectivity index (χ2v) is 6.98. The van der Waals surface area contributed by atoms with Crippen LogP contribution in [0.25, 0.3) is 0 Å². The second-order valence-electron chi connectivity index (χ2n) is 6.98. The van der Waals surface area contributed by atoms with Gasteiger partial charge in [0.15, 0.2) is 0 Å². The van der Waals surface area contributed by atoms with E-state index in [9.17, 15) is 13.6 Å². The van der Waals surface area contributed by atoms with E-state index in [-0.39, 0.29) is 6.61 Å². The van der Waals surface area contributed by atoms with E-state index >= 15 is 0 Å². The van der Waals surface area contributed by atoms with Crippen LogP contribution in [0.2, 0.25) is 0 Å². The van der Waals surface area contributed by atoms with Gasteiger partial charge in [-0.3, -0.25) is 0 Å². The number of unbranched alkanes of at least 4 members (excludes halogenated alkanes) is 12. The molecule has 0 saturated heterocycles. The standard InChI is InChI=1S/C22H34F2O2/c1-2-3-4-5-6-7-8-9-10-11-12-13-14-18-26-22(25)21-19(23)16-15-17-20(21)24/h15-17H,2-14,18H2,1H3. The summed E-state index contributed by atoms with van der Waals surface area (Å²) in [4.78, 5) is 11.7. The van der Waals surface area contributed by atoms with Crippen molar-refractivity contribution in [2.75, 3.05) is 6.61 Å². The number of hydrogen-bond donors (Lipinski definition) is 0. The predicted octanol–water partition coefficient (Wildman–Crippen LogP) is 7.21. The number of ether oxygens (including phenoxy) is 1. The lowest BCUT2D eigenvalue weighted by Crippen LogP contribution is -2.11. The number of esters is 1. The summed E-state index contributed by atoms with van der Waals surface area (Å²) in [6.45, 7) is 2.46. The Morgan fingerprint density at radius 2 is 1.19 bits per heavy atom. The molecular weight excluding hydrogens is 334 g/mol. The fourth-order valence-electron chi connectivity index (χ4n) is 3.05. The Balaban J connectivity index is 1.93. The Bertz CT molecular complexity index is 483. The Morgan fingerprint density at radius 1 is 0.769 bits per heavy atom. The van der Waals surface area contributed by atoms with Crippen LogP contribution in [0.1, 0.15) is 101 Å². The van der Waals surface area contributed by atoms with Crippen molar-refractivity contribution in [3.63, 3.8) is 0 Å². The molecule has 0 unspecified atom stereocenters.